The Balaban J connectivity index is 1.53. The van der Waals surface area contributed by atoms with E-state index in [0.29, 0.717) is 0 Å². The lowest BCUT2D eigenvalue weighted by Crippen LogP contribution is -2.37. The van der Waals surface area contributed by atoms with Crippen molar-refractivity contribution in [2.45, 2.75) is 64.8 Å². The van der Waals surface area contributed by atoms with Gasteiger partial charge in [0.25, 0.3) is 0 Å². The van der Waals surface area contributed by atoms with Crippen LogP contribution in [-0.2, 0) is 27.1 Å². The summed E-state index contributed by atoms with van der Waals surface area (Å²) in [5, 5.41) is 7.32. The second kappa shape index (κ2) is 10.7. The van der Waals surface area contributed by atoms with Crippen LogP contribution in [0.15, 0.2) is 89.5 Å². The summed E-state index contributed by atoms with van der Waals surface area (Å²) < 4.78 is 26.6. The first kappa shape index (κ1) is 28.4. The Hall–Kier alpha value is -3.18. The van der Waals surface area contributed by atoms with Crippen molar-refractivity contribution in [2.75, 3.05) is 18.1 Å². The molecule has 0 bridgehead atoms. The van der Waals surface area contributed by atoms with Gasteiger partial charge in [-0.3, -0.25) is 5.01 Å². The molecule has 0 radical (unpaired) electrons. The molecule has 1 fully saturated rings. The molecule has 0 saturated carbocycles. The Morgan fingerprint density at radius 3 is 1.98 bits per heavy atom. The van der Waals surface area contributed by atoms with E-state index in [1.165, 1.54) is 16.7 Å². The van der Waals surface area contributed by atoms with Crippen molar-refractivity contribution in [3.63, 3.8) is 0 Å². The fraction of sp³-hybridized carbons (Fsp3) is 0.400. The van der Waals surface area contributed by atoms with Crippen LogP contribution >= 0.6 is 0 Å². The molecule has 0 N–H and O–H groups in total. The maximum absolute atomic E-state index is 13.3. The quantitative estimate of drug-likeness (QED) is 0.331. The number of benzene rings is 3. The van der Waals surface area contributed by atoms with Gasteiger partial charge in [0.1, 0.15) is 0 Å². The Labute approximate surface area is 240 Å². The third-order valence-corrected chi connectivity index (χ3v) is 9.75. The number of hydrogen-bond donors (Lipinski definition) is 0. The van der Waals surface area contributed by atoms with Crippen LogP contribution in [0, 0.1) is 5.92 Å². The smallest absolute Gasteiger partial charge is 0.155 e. The largest absolute Gasteiger partial charge is 0.288 e. The van der Waals surface area contributed by atoms with Gasteiger partial charge in [0.05, 0.1) is 23.3 Å². The van der Waals surface area contributed by atoms with Gasteiger partial charge in [-0.05, 0) is 56.7 Å². The van der Waals surface area contributed by atoms with E-state index >= 15 is 0 Å². The zero-order valence-corrected chi connectivity index (χ0v) is 25.5. The summed E-state index contributed by atoms with van der Waals surface area (Å²) in [6, 6.07) is 27.5. The van der Waals surface area contributed by atoms with Crippen molar-refractivity contribution in [1.82, 2.24) is 5.01 Å². The summed E-state index contributed by atoms with van der Waals surface area (Å²) in [5.74, 6) is -0.0410. The molecular formula is C35H42N2O2S. The molecule has 1 saturated heterocycles. The first-order valence-electron chi connectivity index (χ1n) is 14.3. The first-order valence-corrected chi connectivity index (χ1v) is 16.1. The lowest BCUT2D eigenvalue weighted by atomic mass is 9.83. The summed E-state index contributed by atoms with van der Waals surface area (Å²) in [4.78, 5) is 0. The second-order valence-corrected chi connectivity index (χ2v) is 15.5. The highest BCUT2D eigenvalue weighted by molar-refractivity contribution is 7.91. The standard InChI is InChI=1S/C35H42N2O2S/c1-34(2,3)29-16-12-26(13-17-29)22-28-23-40(38,39)24-31-32(28)36-37(21-20-25-10-8-7-9-11-25)33(31)27-14-18-30(19-15-27)35(4,5)6/h7-19,22,31,33H,20-21,23-24H2,1-6H3/b28-22+. The fourth-order valence-electron chi connectivity index (χ4n) is 5.81. The third-order valence-electron chi connectivity index (χ3n) is 8.14. The van der Waals surface area contributed by atoms with Crippen LogP contribution in [0.4, 0.5) is 0 Å². The lowest BCUT2D eigenvalue weighted by Gasteiger charge is -2.31. The van der Waals surface area contributed by atoms with Gasteiger partial charge in [-0.1, -0.05) is 120 Å². The molecule has 3 aromatic rings. The summed E-state index contributed by atoms with van der Waals surface area (Å²) >= 11 is 0. The van der Waals surface area contributed by atoms with Crippen LogP contribution in [0.5, 0.6) is 0 Å². The lowest BCUT2D eigenvalue weighted by molar-refractivity contribution is 0.211. The van der Waals surface area contributed by atoms with Crippen LogP contribution in [-0.4, -0.2) is 37.2 Å². The summed E-state index contributed by atoms with van der Waals surface area (Å²) in [6.45, 7) is 14.0. The van der Waals surface area contributed by atoms with Crippen molar-refractivity contribution in [1.29, 1.82) is 0 Å². The Kier molecular flexibility index (Phi) is 7.56. The minimum Gasteiger partial charge on any atom is -0.288 e. The number of hydrogen-bond acceptors (Lipinski definition) is 4. The van der Waals surface area contributed by atoms with E-state index in [4.69, 9.17) is 5.10 Å². The van der Waals surface area contributed by atoms with E-state index in [2.05, 4.69) is 119 Å². The van der Waals surface area contributed by atoms with Crippen LogP contribution in [0.3, 0.4) is 0 Å². The molecule has 2 atom stereocenters. The van der Waals surface area contributed by atoms with E-state index in [1.54, 1.807) is 0 Å². The van der Waals surface area contributed by atoms with Gasteiger partial charge in [-0.2, -0.15) is 5.10 Å². The maximum Gasteiger partial charge on any atom is 0.155 e. The van der Waals surface area contributed by atoms with Gasteiger partial charge in [0.15, 0.2) is 9.84 Å². The highest BCUT2D eigenvalue weighted by Gasteiger charge is 2.45. The number of rotatable bonds is 5. The molecule has 0 aromatic heterocycles. The normalized spacial score (nSPS) is 21.8. The average molecular weight is 555 g/mol. The van der Waals surface area contributed by atoms with Crippen LogP contribution in [0.25, 0.3) is 6.08 Å². The molecule has 5 heteroatoms. The SMILES string of the molecule is CC(C)(C)c1ccc(/C=C2\CS(=O)(=O)CC3C2=NN(CCc2ccccc2)C3c2ccc(C(C)(C)C)cc2)cc1. The van der Waals surface area contributed by atoms with Gasteiger partial charge in [-0.15, -0.1) is 0 Å². The highest BCUT2D eigenvalue weighted by atomic mass is 32.2. The van der Waals surface area contributed by atoms with E-state index in [1.807, 2.05) is 12.1 Å². The monoisotopic (exact) mass is 554 g/mol. The number of fused-ring (bicyclic) bond motifs is 1. The van der Waals surface area contributed by atoms with Gasteiger partial charge in [-0.25, -0.2) is 8.42 Å². The molecular weight excluding hydrogens is 512 g/mol. The molecule has 3 aromatic carbocycles. The highest BCUT2D eigenvalue weighted by Crippen LogP contribution is 2.42. The zero-order valence-electron chi connectivity index (χ0n) is 24.7. The molecule has 0 amide bonds. The van der Waals surface area contributed by atoms with Crippen LogP contribution < -0.4 is 0 Å². The van der Waals surface area contributed by atoms with Crippen molar-refractivity contribution in [3.8, 4) is 0 Å². The third kappa shape index (κ3) is 6.25. The molecule has 2 aliphatic heterocycles. The van der Waals surface area contributed by atoms with Crippen LogP contribution in [0.1, 0.15) is 75.4 Å². The molecule has 2 heterocycles. The molecule has 0 spiro atoms. The van der Waals surface area contributed by atoms with E-state index < -0.39 is 9.84 Å². The van der Waals surface area contributed by atoms with Crippen molar-refractivity contribution in [2.24, 2.45) is 11.0 Å². The molecule has 4 nitrogen and oxygen atoms in total. The topological polar surface area (TPSA) is 49.7 Å². The van der Waals surface area contributed by atoms with Crippen molar-refractivity contribution >= 4 is 21.6 Å². The minimum absolute atomic E-state index is 0.0333. The molecule has 5 rings (SSSR count). The van der Waals surface area contributed by atoms with E-state index in [-0.39, 0.29) is 34.3 Å². The Bertz CT molecular complexity index is 1510. The summed E-state index contributed by atoms with van der Waals surface area (Å²) in [6.07, 6.45) is 2.89. The molecule has 0 aliphatic carbocycles. The first-order chi connectivity index (χ1) is 18.8. The van der Waals surface area contributed by atoms with E-state index in [0.717, 1.165) is 35.4 Å². The van der Waals surface area contributed by atoms with Crippen molar-refractivity contribution < 1.29 is 8.42 Å². The maximum atomic E-state index is 13.3. The van der Waals surface area contributed by atoms with Gasteiger partial charge >= 0.3 is 0 Å². The van der Waals surface area contributed by atoms with Gasteiger partial charge in [0.2, 0.25) is 0 Å². The summed E-state index contributed by atoms with van der Waals surface area (Å²) in [7, 11) is -3.28. The van der Waals surface area contributed by atoms with E-state index in [9.17, 15) is 8.42 Å². The van der Waals surface area contributed by atoms with Gasteiger partial charge < -0.3 is 0 Å². The number of nitrogens with zero attached hydrogens (tertiary/aromatic N) is 2. The van der Waals surface area contributed by atoms with Gasteiger partial charge in [0, 0.05) is 12.5 Å². The number of sulfone groups is 1. The van der Waals surface area contributed by atoms with Crippen LogP contribution in [0.2, 0.25) is 0 Å². The predicted molar refractivity (Wildman–Crippen MR) is 167 cm³/mol. The molecule has 2 aliphatic rings. The Morgan fingerprint density at radius 2 is 1.40 bits per heavy atom. The minimum atomic E-state index is -3.28. The average Bonchev–Trinajstić information content (AvgIpc) is 3.24. The zero-order chi connectivity index (χ0) is 28.7. The summed E-state index contributed by atoms with van der Waals surface area (Å²) in [5.41, 5.74) is 7.76. The molecule has 210 valence electrons. The number of hydrazone groups is 1. The molecule has 40 heavy (non-hydrogen) atoms. The Morgan fingerprint density at radius 1 is 0.825 bits per heavy atom. The predicted octanol–water partition coefficient (Wildman–Crippen LogP) is 7.37. The fourth-order valence-corrected chi connectivity index (χ4v) is 7.52. The van der Waals surface area contributed by atoms with Crippen molar-refractivity contribution in [3.05, 3.63) is 112 Å². The molecule has 2 unspecified atom stereocenters. The second-order valence-electron chi connectivity index (χ2n) is 13.4.